The van der Waals surface area contributed by atoms with Gasteiger partial charge < -0.3 is 10.4 Å². The number of benzene rings is 3. The maximum absolute atomic E-state index is 13.5. The lowest BCUT2D eigenvalue weighted by molar-refractivity contribution is -0.387. The molecule has 0 amide bonds. The van der Waals surface area contributed by atoms with Crippen molar-refractivity contribution in [3.63, 3.8) is 0 Å². The van der Waals surface area contributed by atoms with Gasteiger partial charge in [-0.25, -0.2) is 13.4 Å². The van der Waals surface area contributed by atoms with E-state index < -0.39 is 43.6 Å². The number of aliphatic hydroxyl groups excluding tert-OH is 1. The van der Waals surface area contributed by atoms with Crippen molar-refractivity contribution in [1.29, 1.82) is 0 Å². The summed E-state index contributed by atoms with van der Waals surface area (Å²) in [5.41, 5.74) is 1.29. The van der Waals surface area contributed by atoms with Crippen LogP contribution in [0, 0.1) is 10.1 Å². The Bertz CT molecular complexity index is 1760. The van der Waals surface area contributed by atoms with Gasteiger partial charge >= 0.3 is 0 Å². The van der Waals surface area contributed by atoms with E-state index >= 15 is 0 Å². The summed E-state index contributed by atoms with van der Waals surface area (Å²) in [6.07, 6.45) is 2.18. The van der Waals surface area contributed by atoms with Crippen LogP contribution in [-0.2, 0) is 10.0 Å². The van der Waals surface area contributed by atoms with Crippen molar-refractivity contribution in [2.24, 2.45) is 0 Å². The summed E-state index contributed by atoms with van der Waals surface area (Å²) in [5, 5.41) is 26.8. The second kappa shape index (κ2) is 12.6. The average Bonchev–Trinajstić information content (AvgIpc) is 3.02. The number of pyridine rings is 2. The minimum atomic E-state index is -4.39. The van der Waals surface area contributed by atoms with Gasteiger partial charge in [-0.3, -0.25) is 19.8 Å². The van der Waals surface area contributed by atoms with Crippen molar-refractivity contribution in [3.05, 3.63) is 155 Å². The number of anilines is 2. The van der Waals surface area contributed by atoms with E-state index in [0.29, 0.717) is 22.6 Å². The molecule has 0 aliphatic carbocycles. The number of aromatic nitrogens is 2. The third-order valence-electron chi connectivity index (χ3n) is 6.73. The highest BCUT2D eigenvalue weighted by Crippen LogP contribution is 2.44. The van der Waals surface area contributed by atoms with E-state index in [2.05, 4.69) is 20.0 Å². The molecule has 0 aliphatic heterocycles. The van der Waals surface area contributed by atoms with Gasteiger partial charge in [0.1, 0.15) is 5.82 Å². The molecule has 3 N–H and O–H groups in total. The summed E-state index contributed by atoms with van der Waals surface area (Å²) < 4.78 is 29.6. The van der Waals surface area contributed by atoms with Gasteiger partial charge in [-0.2, -0.15) is 0 Å². The molecule has 42 heavy (non-hydrogen) atoms. The van der Waals surface area contributed by atoms with E-state index in [9.17, 15) is 23.6 Å². The van der Waals surface area contributed by atoms with E-state index in [1.807, 2.05) is 36.4 Å². The zero-order valence-electron chi connectivity index (χ0n) is 22.2. The van der Waals surface area contributed by atoms with E-state index in [0.717, 1.165) is 6.07 Å². The second-order valence-corrected chi connectivity index (χ2v) is 11.0. The molecule has 3 unspecified atom stereocenters. The number of para-hydroxylation sites is 2. The topological polar surface area (TPSA) is 147 Å². The standard InChI is InChI=1S/C31H27N5O5S/c37-31(22-12-2-1-3-13-22)29(25-16-8-10-20-32-25)30(34-28-19-9-11-21-33-28)23-14-4-5-15-24(23)35-42(40,41)27-18-7-6-17-26(27)36(38)39/h1-21,29-31,35,37H,(H,33,34). The first-order chi connectivity index (χ1) is 20.3. The lowest BCUT2D eigenvalue weighted by atomic mass is 9.82. The molecule has 0 aliphatic rings. The number of nitro benzene ring substituents is 1. The zero-order valence-corrected chi connectivity index (χ0v) is 23.0. The Hall–Kier alpha value is -5.13. The molecular weight excluding hydrogens is 554 g/mol. The van der Waals surface area contributed by atoms with Gasteiger partial charge in [0.2, 0.25) is 0 Å². The number of aliphatic hydroxyl groups is 1. The van der Waals surface area contributed by atoms with E-state index in [4.69, 9.17) is 0 Å². The molecular formula is C31H27N5O5S. The van der Waals surface area contributed by atoms with Gasteiger partial charge in [-0.05, 0) is 47.5 Å². The number of nitro groups is 1. The predicted molar refractivity (Wildman–Crippen MR) is 159 cm³/mol. The lowest BCUT2D eigenvalue weighted by Crippen LogP contribution is -2.27. The number of sulfonamides is 1. The van der Waals surface area contributed by atoms with Crippen LogP contribution in [0.5, 0.6) is 0 Å². The fourth-order valence-electron chi connectivity index (χ4n) is 4.81. The highest BCUT2D eigenvalue weighted by atomic mass is 32.2. The Morgan fingerprint density at radius 2 is 1.40 bits per heavy atom. The van der Waals surface area contributed by atoms with Crippen LogP contribution in [0.3, 0.4) is 0 Å². The van der Waals surface area contributed by atoms with Crippen LogP contribution in [0.1, 0.15) is 34.9 Å². The SMILES string of the molecule is O=[N+]([O-])c1ccccc1S(=O)(=O)Nc1ccccc1C(Nc1ccccn1)C(c1ccccn1)C(O)c1ccccc1. The number of hydrogen-bond acceptors (Lipinski definition) is 8. The maximum Gasteiger partial charge on any atom is 0.289 e. The first-order valence-electron chi connectivity index (χ1n) is 13.0. The third-order valence-corrected chi connectivity index (χ3v) is 8.14. The molecule has 3 aromatic carbocycles. The summed E-state index contributed by atoms with van der Waals surface area (Å²) >= 11 is 0. The molecule has 0 saturated carbocycles. The maximum atomic E-state index is 13.5. The molecule has 0 fully saturated rings. The van der Waals surface area contributed by atoms with Crippen LogP contribution in [0.2, 0.25) is 0 Å². The third kappa shape index (κ3) is 6.27. The molecule has 0 radical (unpaired) electrons. The molecule has 0 bridgehead atoms. The Morgan fingerprint density at radius 3 is 2.10 bits per heavy atom. The molecule has 3 atom stereocenters. The fourth-order valence-corrected chi connectivity index (χ4v) is 6.07. The highest BCUT2D eigenvalue weighted by Gasteiger charge is 2.36. The van der Waals surface area contributed by atoms with Gasteiger partial charge in [0.15, 0.2) is 4.90 Å². The number of nitrogens with one attached hydrogen (secondary N) is 2. The van der Waals surface area contributed by atoms with Crippen LogP contribution in [0.25, 0.3) is 0 Å². The molecule has 212 valence electrons. The minimum absolute atomic E-state index is 0.172. The highest BCUT2D eigenvalue weighted by molar-refractivity contribution is 7.92. The number of rotatable bonds is 11. The Morgan fingerprint density at radius 1 is 0.762 bits per heavy atom. The molecule has 11 heteroatoms. The Balaban J connectivity index is 1.66. The zero-order chi connectivity index (χ0) is 29.5. The van der Waals surface area contributed by atoms with E-state index in [1.165, 1.54) is 18.2 Å². The summed E-state index contributed by atoms with van der Waals surface area (Å²) in [6, 6.07) is 30.9. The molecule has 2 aromatic heterocycles. The normalized spacial score (nSPS) is 13.5. The number of nitrogens with zero attached hydrogens (tertiary/aromatic N) is 3. The molecule has 0 saturated heterocycles. The Labute approximate surface area is 243 Å². The van der Waals surface area contributed by atoms with Crippen LogP contribution in [-0.4, -0.2) is 28.4 Å². The van der Waals surface area contributed by atoms with Crippen molar-refractivity contribution in [2.45, 2.75) is 23.0 Å². The predicted octanol–water partition coefficient (Wildman–Crippen LogP) is 5.86. The minimum Gasteiger partial charge on any atom is -0.388 e. The van der Waals surface area contributed by atoms with Crippen LogP contribution in [0.15, 0.2) is 133 Å². The van der Waals surface area contributed by atoms with Gasteiger partial charge in [-0.15, -0.1) is 0 Å². The van der Waals surface area contributed by atoms with Crippen LogP contribution < -0.4 is 10.0 Å². The monoisotopic (exact) mass is 581 g/mol. The summed E-state index contributed by atoms with van der Waals surface area (Å²) in [5.74, 6) is -0.243. The van der Waals surface area contributed by atoms with Crippen molar-refractivity contribution in [2.75, 3.05) is 10.0 Å². The summed E-state index contributed by atoms with van der Waals surface area (Å²) in [4.78, 5) is 19.4. The van der Waals surface area contributed by atoms with Gasteiger partial charge in [0, 0.05) is 24.2 Å². The molecule has 5 rings (SSSR count). The van der Waals surface area contributed by atoms with Crippen molar-refractivity contribution < 1.29 is 18.4 Å². The van der Waals surface area contributed by atoms with Gasteiger partial charge in [0.05, 0.1) is 28.7 Å². The lowest BCUT2D eigenvalue weighted by Gasteiger charge is -2.33. The van der Waals surface area contributed by atoms with E-state index in [1.54, 1.807) is 67.0 Å². The number of hydrogen-bond donors (Lipinski definition) is 3. The second-order valence-electron chi connectivity index (χ2n) is 9.39. The van der Waals surface area contributed by atoms with Gasteiger partial charge in [0.25, 0.3) is 15.7 Å². The molecule has 10 nitrogen and oxygen atoms in total. The fraction of sp³-hybridized carbons (Fsp3) is 0.0968. The summed E-state index contributed by atoms with van der Waals surface area (Å²) in [6.45, 7) is 0. The van der Waals surface area contributed by atoms with E-state index in [-0.39, 0.29) is 5.69 Å². The first kappa shape index (κ1) is 28.4. The van der Waals surface area contributed by atoms with Gasteiger partial charge in [-0.1, -0.05) is 72.8 Å². The van der Waals surface area contributed by atoms with Crippen molar-refractivity contribution in [1.82, 2.24) is 9.97 Å². The largest absolute Gasteiger partial charge is 0.388 e. The first-order valence-corrected chi connectivity index (χ1v) is 14.5. The average molecular weight is 582 g/mol. The Kier molecular flexibility index (Phi) is 8.51. The van der Waals surface area contributed by atoms with Crippen LogP contribution >= 0.6 is 0 Å². The van der Waals surface area contributed by atoms with Crippen molar-refractivity contribution in [3.8, 4) is 0 Å². The van der Waals surface area contributed by atoms with Crippen LogP contribution in [0.4, 0.5) is 17.2 Å². The quantitative estimate of drug-likeness (QED) is 0.130. The smallest absolute Gasteiger partial charge is 0.289 e. The summed E-state index contributed by atoms with van der Waals surface area (Å²) in [7, 11) is -4.39. The van der Waals surface area contributed by atoms with Crippen molar-refractivity contribution >= 4 is 27.2 Å². The molecule has 0 spiro atoms. The molecule has 2 heterocycles. The molecule has 5 aromatic rings.